The molecule has 0 aromatic heterocycles. The van der Waals surface area contributed by atoms with Crippen LogP contribution in [0.2, 0.25) is 0 Å². The second-order valence-electron chi connectivity index (χ2n) is 2.52. The van der Waals surface area contributed by atoms with Gasteiger partial charge in [0.15, 0.2) is 0 Å². The summed E-state index contributed by atoms with van der Waals surface area (Å²) in [6.45, 7) is -0.00303. The third kappa shape index (κ3) is 2.36. The van der Waals surface area contributed by atoms with Gasteiger partial charge in [-0.15, -0.1) is 0 Å². The molecule has 5 nitrogen and oxygen atoms in total. The number of urea groups is 1. The van der Waals surface area contributed by atoms with E-state index in [4.69, 9.17) is 15.6 Å². The monoisotopic (exact) mass is 160 g/mol. The number of rotatable bonds is 2. The van der Waals surface area contributed by atoms with Crippen molar-refractivity contribution >= 4 is 6.03 Å². The Morgan fingerprint density at radius 2 is 2.45 bits per heavy atom. The number of amides is 2. The summed E-state index contributed by atoms with van der Waals surface area (Å²) in [6, 6.07) is -0.589. The molecule has 1 saturated heterocycles. The molecule has 0 bridgehead atoms. The number of primary amides is 1. The minimum atomic E-state index is -0.589. The number of hydrogen-bond donors (Lipinski definition) is 3. The summed E-state index contributed by atoms with van der Waals surface area (Å²) in [7, 11) is 0. The first-order chi connectivity index (χ1) is 5.22. The van der Waals surface area contributed by atoms with Crippen molar-refractivity contribution in [3.63, 3.8) is 0 Å². The normalized spacial score (nSPS) is 30.3. The lowest BCUT2D eigenvalue weighted by molar-refractivity contribution is 0.00296. The Morgan fingerprint density at radius 3 is 2.91 bits per heavy atom. The van der Waals surface area contributed by atoms with Crippen LogP contribution in [-0.2, 0) is 4.74 Å². The first-order valence-corrected chi connectivity index (χ1v) is 3.54. The molecule has 1 fully saturated rings. The minimum absolute atomic E-state index is 0.00303. The van der Waals surface area contributed by atoms with Crippen LogP contribution in [0.1, 0.15) is 12.8 Å². The average molecular weight is 160 g/mol. The Balaban J connectivity index is 2.24. The Hall–Kier alpha value is -0.810. The highest BCUT2D eigenvalue weighted by Gasteiger charge is 2.24. The van der Waals surface area contributed by atoms with Gasteiger partial charge in [-0.1, -0.05) is 0 Å². The standard InChI is InChI=1S/C6H12N2O3/c7-6(10)8-5-2-1-4(3-9)11-5/h4-5,9H,1-3H2,(H3,7,8,10). The topological polar surface area (TPSA) is 84.6 Å². The van der Waals surface area contributed by atoms with Crippen LogP contribution in [0.5, 0.6) is 0 Å². The lowest BCUT2D eigenvalue weighted by atomic mass is 10.2. The number of nitrogens with one attached hydrogen (secondary N) is 1. The van der Waals surface area contributed by atoms with E-state index in [0.29, 0.717) is 6.42 Å². The van der Waals surface area contributed by atoms with E-state index in [1.54, 1.807) is 0 Å². The second kappa shape index (κ2) is 3.54. The summed E-state index contributed by atoms with van der Waals surface area (Å²) in [5.41, 5.74) is 4.87. The first-order valence-electron chi connectivity index (χ1n) is 3.54. The minimum Gasteiger partial charge on any atom is -0.394 e. The molecule has 0 radical (unpaired) electrons. The van der Waals surface area contributed by atoms with Crippen LogP contribution >= 0.6 is 0 Å². The molecule has 2 amide bonds. The summed E-state index contributed by atoms with van der Waals surface area (Å²) in [5, 5.41) is 11.1. The van der Waals surface area contributed by atoms with E-state index >= 15 is 0 Å². The molecule has 0 aromatic carbocycles. The molecular formula is C6H12N2O3. The van der Waals surface area contributed by atoms with E-state index < -0.39 is 6.03 Å². The molecule has 0 spiro atoms. The number of carbonyl (C=O) groups excluding carboxylic acids is 1. The zero-order valence-electron chi connectivity index (χ0n) is 6.12. The van der Waals surface area contributed by atoms with Crippen molar-refractivity contribution in [1.82, 2.24) is 5.32 Å². The largest absolute Gasteiger partial charge is 0.394 e. The maximum atomic E-state index is 10.3. The molecule has 2 atom stereocenters. The fourth-order valence-electron chi connectivity index (χ4n) is 1.10. The fourth-order valence-corrected chi connectivity index (χ4v) is 1.10. The Kier molecular flexibility index (Phi) is 2.67. The van der Waals surface area contributed by atoms with Crippen LogP contribution in [0.15, 0.2) is 0 Å². The molecular weight excluding hydrogens is 148 g/mol. The molecule has 11 heavy (non-hydrogen) atoms. The van der Waals surface area contributed by atoms with Crippen LogP contribution in [0, 0.1) is 0 Å². The summed E-state index contributed by atoms with van der Waals surface area (Å²) >= 11 is 0. The third-order valence-electron chi connectivity index (χ3n) is 1.61. The van der Waals surface area contributed by atoms with Crippen molar-refractivity contribution in [2.24, 2.45) is 5.73 Å². The van der Waals surface area contributed by atoms with E-state index in [0.717, 1.165) is 6.42 Å². The molecule has 64 valence electrons. The molecule has 0 aromatic rings. The molecule has 1 heterocycles. The molecule has 2 unspecified atom stereocenters. The van der Waals surface area contributed by atoms with E-state index in [2.05, 4.69) is 5.32 Å². The fraction of sp³-hybridized carbons (Fsp3) is 0.833. The van der Waals surface area contributed by atoms with Gasteiger partial charge in [-0.2, -0.15) is 0 Å². The van der Waals surface area contributed by atoms with Crippen LogP contribution in [0.3, 0.4) is 0 Å². The van der Waals surface area contributed by atoms with Gasteiger partial charge in [-0.3, -0.25) is 0 Å². The molecule has 4 N–H and O–H groups in total. The molecule has 5 heteroatoms. The molecule has 1 aliphatic rings. The van der Waals surface area contributed by atoms with Gasteiger partial charge in [0.25, 0.3) is 0 Å². The van der Waals surface area contributed by atoms with E-state index in [9.17, 15) is 4.79 Å². The first kappa shape index (κ1) is 8.29. The van der Waals surface area contributed by atoms with Crippen LogP contribution in [-0.4, -0.2) is 30.1 Å². The summed E-state index contributed by atoms with van der Waals surface area (Å²) in [6.07, 6.45) is 1.02. The van der Waals surface area contributed by atoms with Gasteiger partial charge in [-0.05, 0) is 12.8 Å². The summed E-state index contributed by atoms with van der Waals surface area (Å²) in [5.74, 6) is 0. The summed E-state index contributed by atoms with van der Waals surface area (Å²) < 4.78 is 5.16. The maximum absolute atomic E-state index is 10.3. The molecule has 1 aliphatic heterocycles. The van der Waals surface area contributed by atoms with Gasteiger partial charge in [0.1, 0.15) is 6.23 Å². The molecule has 1 rings (SSSR count). The zero-order chi connectivity index (χ0) is 8.27. The molecule has 0 aliphatic carbocycles. The zero-order valence-corrected chi connectivity index (χ0v) is 6.12. The predicted molar refractivity (Wildman–Crippen MR) is 37.7 cm³/mol. The number of ether oxygens (including phenoxy) is 1. The molecule has 0 saturated carbocycles. The van der Waals surface area contributed by atoms with Gasteiger partial charge in [0.2, 0.25) is 0 Å². The Labute approximate surface area is 64.5 Å². The highest BCUT2D eigenvalue weighted by Crippen LogP contribution is 2.16. The summed E-state index contributed by atoms with van der Waals surface area (Å²) in [4.78, 5) is 10.3. The smallest absolute Gasteiger partial charge is 0.314 e. The van der Waals surface area contributed by atoms with Gasteiger partial charge < -0.3 is 20.9 Å². The SMILES string of the molecule is NC(=O)NC1CCC(CO)O1. The van der Waals surface area contributed by atoms with Crippen molar-refractivity contribution in [3.8, 4) is 0 Å². The van der Waals surface area contributed by atoms with Crippen molar-refractivity contribution < 1.29 is 14.6 Å². The number of carbonyl (C=O) groups is 1. The number of nitrogens with two attached hydrogens (primary N) is 1. The third-order valence-corrected chi connectivity index (χ3v) is 1.61. The van der Waals surface area contributed by atoms with E-state index in [1.165, 1.54) is 0 Å². The van der Waals surface area contributed by atoms with Crippen molar-refractivity contribution in [3.05, 3.63) is 0 Å². The van der Waals surface area contributed by atoms with E-state index in [1.807, 2.05) is 0 Å². The number of hydrogen-bond acceptors (Lipinski definition) is 3. The van der Waals surface area contributed by atoms with Gasteiger partial charge in [0, 0.05) is 0 Å². The van der Waals surface area contributed by atoms with Gasteiger partial charge in [-0.25, -0.2) is 4.79 Å². The van der Waals surface area contributed by atoms with Crippen molar-refractivity contribution in [1.29, 1.82) is 0 Å². The van der Waals surface area contributed by atoms with Gasteiger partial charge >= 0.3 is 6.03 Å². The van der Waals surface area contributed by atoms with Crippen LogP contribution < -0.4 is 11.1 Å². The van der Waals surface area contributed by atoms with E-state index in [-0.39, 0.29) is 18.9 Å². The highest BCUT2D eigenvalue weighted by molar-refractivity contribution is 5.71. The van der Waals surface area contributed by atoms with Crippen molar-refractivity contribution in [2.45, 2.75) is 25.2 Å². The lowest BCUT2D eigenvalue weighted by Gasteiger charge is -2.11. The average Bonchev–Trinajstić information content (AvgIpc) is 2.34. The quantitative estimate of drug-likeness (QED) is 0.492. The Bertz CT molecular complexity index is 151. The Morgan fingerprint density at radius 1 is 1.73 bits per heavy atom. The predicted octanol–water partition coefficient (Wildman–Crippen LogP) is -0.848. The van der Waals surface area contributed by atoms with Gasteiger partial charge in [0.05, 0.1) is 12.7 Å². The highest BCUT2D eigenvalue weighted by atomic mass is 16.5. The van der Waals surface area contributed by atoms with Crippen LogP contribution in [0.4, 0.5) is 4.79 Å². The lowest BCUT2D eigenvalue weighted by Crippen LogP contribution is -2.38. The van der Waals surface area contributed by atoms with Crippen LogP contribution in [0.25, 0.3) is 0 Å². The van der Waals surface area contributed by atoms with Crippen molar-refractivity contribution in [2.75, 3.05) is 6.61 Å². The number of aliphatic hydroxyl groups is 1. The number of aliphatic hydroxyl groups excluding tert-OH is 1. The maximum Gasteiger partial charge on any atom is 0.314 e. The second-order valence-corrected chi connectivity index (χ2v) is 2.52.